The van der Waals surface area contributed by atoms with Gasteiger partial charge in [-0.2, -0.15) is 0 Å². The summed E-state index contributed by atoms with van der Waals surface area (Å²) < 4.78 is 24.1. The minimum Gasteiger partial charge on any atom is -0.496 e. The Balaban J connectivity index is 2.35. The standard InChI is InChI=1S/C17H22FNO5/c1-17(2,3)24-16(22)19-8-7-11(14(19)15(20)21)12-9-10(18)5-6-13(12)23-4/h5-6,9,11,14H,7-8H2,1-4H3,(H,20,21)/t11-,14+/m1/s1. The van der Waals surface area contributed by atoms with Crippen molar-refractivity contribution in [3.05, 3.63) is 29.6 Å². The van der Waals surface area contributed by atoms with Crippen molar-refractivity contribution in [2.24, 2.45) is 0 Å². The molecule has 0 saturated carbocycles. The van der Waals surface area contributed by atoms with Gasteiger partial charge in [-0.15, -0.1) is 0 Å². The van der Waals surface area contributed by atoms with Gasteiger partial charge in [-0.1, -0.05) is 0 Å². The Kier molecular flexibility index (Phi) is 5.01. The largest absolute Gasteiger partial charge is 0.496 e. The Morgan fingerprint density at radius 3 is 2.54 bits per heavy atom. The lowest BCUT2D eigenvalue weighted by molar-refractivity contribution is -0.142. The summed E-state index contributed by atoms with van der Waals surface area (Å²) in [5.41, 5.74) is -0.287. The first-order valence-electron chi connectivity index (χ1n) is 7.70. The van der Waals surface area contributed by atoms with Crippen LogP contribution in [-0.2, 0) is 9.53 Å². The van der Waals surface area contributed by atoms with Gasteiger partial charge in [0.25, 0.3) is 0 Å². The first-order chi connectivity index (χ1) is 11.1. The van der Waals surface area contributed by atoms with Crippen molar-refractivity contribution in [1.29, 1.82) is 0 Å². The second-order valence-electron chi connectivity index (χ2n) is 6.74. The fraction of sp³-hybridized carbons (Fsp3) is 0.529. The monoisotopic (exact) mass is 339 g/mol. The highest BCUT2D eigenvalue weighted by molar-refractivity contribution is 5.82. The van der Waals surface area contributed by atoms with Gasteiger partial charge in [0.1, 0.15) is 23.2 Å². The van der Waals surface area contributed by atoms with E-state index in [1.165, 1.54) is 30.2 Å². The molecule has 0 bridgehead atoms. The van der Waals surface area contributed by atoms with Gasteiger partial charge in [0.2, 0.25) is 0 Å². The molecule has 1 N–H and O–H groups in total. The van der Waals surface area contributed by atoms with Crippen LogP contribution in [-0.4, -0.2) is 47.4 Å². The van der Waals surface area contributed by atoms with Crippen LogP contribution in [0.3, 0.4) is 0 Å². The molecular weight excluding hydrogens is 317 g/mol. The zero-order valence-corrected chi connectivity index (χ0v) is 14.2. The molecule has 132 valence electrons. The number of rotatable bonds is 3. The van der Waals surface area contributed by atoms with Crippen LogP contribution < -0.4 is 4.74 Å². The van der Waals surface area contributed by atoms with Crippen LogP contribution in [0.4, 0.5) is 9.18 Å². The lowest BCUT2D eigenvalue weighted by atomic mass is 9.91. The van der Waals surface area contributed by atoms with Gasteiger partial charge in [0.15, 0.2) is 0 Å². The predicted molar refractivity (Wildman–Crippen MR) is 84.7 cm³/mol. The number of halogens is 1. The van der Waals surface area contributed by atoms with E-state index in [9.17, 15) is 19.1 Å². The first kappa shape index (κ1) is 18.0. The van der Waals surface area contributed by atoms with E-state index in [0.717, 1.165) is 0 Å². The second-order valence-corrected chi connectivity index (χ2v) is 6.74. The number of amides is 1. The molecule has 7 heteroatoms. The van der Waals surface area contributed by atoms with Crippen LogP contribution in [0.5, 0.6) is 5.75 Å². The van der Waals surface area contributed by atoms with E-state index in [1.54, 1.807) is 20.8 Å². The Labute approximate surface area is 140 Å². The molecule has 0 unspecified atom stereocenters. The van der Waals surface area contributed by atoms with Gasteiger partial charge in [-0.25, -0.2) is 14.0 Å². The van der Waals surface area contributed by atoms with E-state index in [1.807, 2.05) is 0 Å². The van der Waals surface area contributed by atoms with Crippen molar-refractivity contribution in [1.82, 2.24) is 4.90 Å². The highest BCUT2D eigenvalue weighted by atomic mass is 19.1. The summed E-state index contributed by atoms with van der Waals surface area (Å²) in [4.78, 5) is 25.3. The topological polar surface area (TPSA) is 76.1 Å². The van der Waals surface area contributed by atoms with Crippen LogP contribution in [0.25, 0.3) is 0 Å². The van der Waals surface area contributed by atoms with Crippen molar-refractivity contribution < 1.29 is 28.6 Å². The number of nitrogens with zero attached hydrogens (tertiary/aromatic N) is 1. The molecule has 0 aliphatic carbocycles. The number of aliphatic carboxylic acids is 1. The summed E-state index contributed by atoms with van der Waals surface area (Å²) >= 11 is 0. The maximum Gasteiger partial charge on any atom is 0.411 e. The number of hydrogen-bond donors (Lipinski definition) is 1. The molecule has 1 aromatic carbocycles. The molecule has 0 radical (unpaired) electrons. The average Bonchev–Trinajstić information content (AvgIpc) is 2.90. The number of methoxy groups -OCH3 is 1. The first-order valence-corrected chi connectivity index (χ1v) is 7.70. The highest BCUT2D eigenvalue weighted by Crippen LogP contribution is 2.39. The lowest BCUT2D eigenvalue weighted by Gasteiger charge is -2.28. The summed E-state index contributed by atoms with van der Waals surface area (Å²) in [5.74, 6) is -1.81. The van der Waals surface area contributed by atoms with Crippen molar-refractivity contribution in [3.8, 4) is 5.75 Å². The van der Waals surface area contributed by atoms with Gasteiger partial charge in [-0.3, -0.25) is 4.90 Å². The third kappa shape index (κ3) is 3.77. The molecule has 1 fully saturated rings. The lowest BCUT2D eigenvalue weighted by Crippen LogP contribution is -2.45. The molecule has 2 rings (SSSR count). The Hall–Kier alpha value is -2.31. The minimum absolute atomic E-state index is 0.218. The molecule has 24 heavy (non-hydrogen) atoms. The molecule has 1 aliphatic heterocycles. The molecule has 1 aliphatic rings. The Morgan fingerprint density at radius 1 is 1.33 bits per heavy atom. The van der Waals surface area contributed by atoms with E-state index < -0.39 is 35.4 Å². The molecule has 1 heterocycles. The van der Waals surface area contributed by atoms with Crippen LogP contribution in [0.1, 0.15) is 38.7 Å². The van der Waals surface area contributed by atoms with Crippen LogP contribution in [0.15, 0.2) is 18.2 Å². The fourth-order valence-corrected chi connectivity index (χ4v) is 2.94. The Morgan fingerprint density at radius 2 is 2.00 bits per heavy atom. The van der Waals surface area contributed by atoms with Crippen LogP contribution in [0, 0.1) is 5.82 Å². The highest BCUT2D eigenvalue weighted by Gasteiger charge is 2.45. The quantitative estimate of drug-likeness (QED) is 0.916. The number of carboxylic acids is 1. The van der Waals surface area contributed by atoms with Crippen LogP contribution >= 0.6 is 0 Å². The molecule has 0 aromatic heterocycles. The van der Waals surface area contributed by atoms with Crippen molar-refractivity contribution >= 4 is 12.1 Å². The summed E-state index contributed by atoms with van der Waals surface area (Å²) in [6.07, 6.45) is -0.302. The number of carboxylic acid groups (broad SMARTS) is 1. The summed E-state index contributed by atoms with van der Waals surface area (Å²) in [6.45, 7) is 5.35. The van der Waals surface area contributed by atoms with Gasteiger partial charge in [0.05, 0.1) is 7.11 Å². The number of ether oxygens (including phenoxy) is 2. The maximum atomic E-state index is 13.6. The van der Waals surface area contributed by atoms with Crippen molar-refractivity contribution in [2.45, 2.75) is 44.8 Å². The van der Waals surface area contributed by atoms with Gasteiger partial charge < -0.3 is 14.6 Å². The smallest absolute Gasteiger partial charge is 0.411 e. The van der Waals surface area contributed by atoms with Crippen molar-refractivity contribution in [2.75, 3.05) is 13.7 Å². The molecule has 0 spiro atoms. The minimum atomic E-state index is -1.16. The van der Waals surface area contributed by atoms with E-state index in [-0.39, 0.29) is 6.54 Å². The average molecular weight is 339 g/mol. The zero-order valence-electron chi connectivity index (χ0n) is 14.2. The summed E-state index contributed by atoms with van der Waals surface area (Å²) in [5, 5.41) is 9.61. The van der Waals surface area contributed by atoms with Gasteiger partial charge >= 0.3 is 12.1 Å². The third-order valence-electron chi connectivity index (χ3n) is 3.87. The maximum absolute atomic E-state index is 13.6. The predicted octanol–water partition coefficient (Wildman–Crippen LogP) is 3.01. The van der Waals surface area contributed by atoms with Crippen LogP contribution in [0.2, 0.25) is 0 Å². The number of benzene rings is 1. The van der Waals surface area contributed by atoms with Gasteiger partial charge in [0, 0.05) is 18.0 Å². The third-order valence-corrected chi connectivity index (χ3v) is 3.87. The van der Waals surface area contributed by atoms with E-state index >= 15 is 0 Å². The molecular formula is C17H22FNO5. The molecule has 1 amide bonds. The molecule has 1 aromatic rings. The van der Waals surface area contributed by atoms with Crippen molar-refractivity contribution in [3.63, 3.8) is 0 Å². The molecule has 2 atom stereocenters. The molecule has 1 saturated heterocycles. The SMILES string of the molecule is COc1ccc(F)cc1[C@H]1CCN(C(=O)OC(C)(C)C)[C@@H]1C(=O)O. The second kappa shape index (κ2) is 6.67. The molecule has 6 nitrogen and oxygen atoms in total. The zero-order chi connectivity index (χ0) is 18.1. The summed E-state index contributed by atoms with van der Waals surface area (Å²) in [7, 11) is 1.44. The van der Waals surface area contributed by atoms with E-state index in [0.29, 0.717) is 17.7 Å². The number of hydrogen-bond acceptors (Lipinski definition) is 4. The number of carbonyl (C=O) groups is 2. The fourth-order valence-electron chi connectivity index (χ4n) is 2.94. The van der Waals surface area contributed by atoms with Gasteiger partial charge in [-0.05, 0) is 45.4 Å². The summed E-state index contributed by atoms with van der Waals surface area (Å²) in [6, 6.07) is 2.84. The van der Waals surface area contributed by atoms with E-state index in [4.69, 9.17) is 9.47 Å². The Bertz CT molecular complexity index is 640. The number of likely N-dealkylation sites (tertiary alicyclic amines) is 1. The van der Waals surface area contributed by atoms with E-state index in [2.05, 4.69) is 0 Å². The normalized spacial score (nSPS) is 20.8. The number of carbonyl (C=O) groups excluding carboxylic acids is 1.